The van der Waals surface area contributed by atoms with Crippen LogP contribution in [-0.4, -0.2) is 37.2 Å². The van der Waals surface area contributed by atoms with Gasteiger partial charge in [-0.25, -0.2) is 0 Å². The maximum Gasteiger partial charge on any atom is 0.306 e. The van der Waals surface area contributed by atoms with E-state index in [-0.39, 0.29) is 31.1 Å². The monoisotopic (exact) mass is 807 g/mol. The maximum absolute atomic E-state index is 12.8. The lowest BCUT2D eigenvalue weighted by molar-refractivity contribution is -0.167. The molecule has 0 aliphatic rings. The quantitative estimate of drug-likeness (QED) is 0.0346. The number of carbonyl (C=O) groups excluding carboxylic acids is 3. The Morgan fingerprint density at radius 2 is 0.667 bits per heavy atom. The van der Waals surface area contributed by atoms with Gasteiger partial charge < -0.3 is 14.2 Å². The molecule has 0 radical (unpaired) electrons. The number of ether oxygens (including phenoxy) is 3. The lowest BCUT2D eigenvalue weighted by Gasteiger charge is -2.18. The van der Waals surface area contributed by atoms with Crippen molar-refractivity contribution in [2.75, 3.05) is 13.2 Å². The molecule has 0 saturated heterocycles. The van der Waals surface area contributed by atoms with Crippen molar-refractivity contribution in [3.8, 4) is 0 Å². The van der Waals surface area contributed by atoms with Crippen LogP contribution in [0.15, 0.2) is 0 Å². The van der Waals surface area contributed by atoms with E-state index in [1.807, 2.05) is 0 Å². The van der Waals surface area contributed by atoms with Gasteiger partial charge >= 0.3 is 17.9 Å². The van der Waals surface area contributed by atoms with Gasteiger partial charge in [0, 0.05) is 19.3 Å². The number of carbonyl (C=O) groups is 3. The summed E-state index contributed by atoms with van der Waals surface area (Å²) in [5, 5.41) is 0. The Morgan fingerprint density at radius 3 is 1.00 bits per heavy atom. The van der Waals surface area contributed by atoms with Gasteiger partial charge in [-0.05, 0) is 31.1 Å². The van der Waals surface area contributed by atoms with Crippen molar-refractivity contribution >= 4 is 17.9 Å². The second-order valence-corrected chi connectivity index (χ2v) is 18.2. The second kappa shape index (κ2) is 44.0. The Balaban J connectivity index is 4.28. The highest BCUT2D eigenvalue weighted by atomic mass is 16.6. The molecule has 0 aromatic rings. The van der Waals surface area contributed by atoms with E-state index in [4.69, 9.17) is 14.2 Å². The Labute approximate surface area is 355 Å². The third-order valence-corrected chi connectivity index (χ3v) is 11.8. The molecular formula is C51H98O6. The van der Waals surface area contributed by atoms with Crippen molar-refractivity contribution in [1.29, 1.82) is 0 Å². The molecule has 1 unspecified atom stereocenters. The molecule has 0 N–H and O–H groups in total. The topological polar surface area (TPSA) is 78.9 Å². The molecule has 0 fully saturated rings. The summed E-state index contributed by atoms with van der Waals surface area (Å²) < 4.78 is 16.8. The zero-order valence-electron chi connectivity index (χ0n) is 39.0. The zero-order chi connectivity index (χ0) is 41.9. The SMILES string of the molecule is CCCCCCCCCCCCCCCCCCC(=O)OC[C@H](COC(=O)CCCCCCCCC(C)C)OC(=O)CCCCCCCCCCCCC(C)CC. The summed E-state index contributed by atoms with van der Waals surface area (Å²) in [4.78, 5) is 37.8. The van der Waals surface area contributed by atoms with E-state index < -0.39 is 6.10 Å². The number of hydrogen-bond acceptors (Lipinski definition) is 6. The van der Waals surface area contributed by atoms with E-state index in [0.29, 0.717) is 19.3 Å². The van der Waals surface area contributed by atoms with Crippen LogP contribution in [0.5, 0.6) is 0 Å². The highest BCUT2D eigenvalue weighted by molar-refractivity contribution is 5.71. The molecular weight excluding hydrogens is 709 g/mol. The summed E-state index contributed by atoms with van der Waals surface area (Å²) in [7, 11) is 0. The van der Waals surface area contributed by atoms with Gasteiger partial charge in [0.25, 0.3) is 0 Å². The van der Waals surface area contributed by atoms with E-state index in [2.05, 4.69) is 34.6 Å². The standard InChI is InChI=1S/C51H98O6/c1-6-8-9-10-11-12-13-14-15-16-17-18-22-25-31-36-41-49(52)55-44-48(45-56-50(53)42-37-32-28-27-29-34-39-46(3)4)57-51(54)43-38-33-26-23-20-19-21-24-30-35-40-47(5)7-2/h46-48H,6-45H2,1-5H3/t47?,48-/m1/s1. The minimum atomic E-state index is -0.762. The van der Waals surface area contributed by atoms with Crippen LogP contribution in [0, 0.1) is 11.8 Å². The lowest BCUT2D eigenvalue weighted by atomic mass is 9.99. The Hall–Kier alpha value is -1.59. The third kappa shape index (κ3) is 43.8. The summed E-state index contributed by atoms with van der Waals surface area (Å²) >= 11 is 0. The number of unbranched alkanes of at least 4 members (excludes halogenated alkanes) is 29. The average Bonchev–Trinajstić information content (AvgIpc) is 3.19. The van der Waals surface area contributed by atoms with Crippen molar-refractivity contribution < 1.29 is 28.6 Å². The summed E-state index contributed by atoms with van der Waals surface area (Å²) in [6.07, 6.45) is 43.8. The van der Waals surface area contributed by atoms with Crippen molar-refractivity contribution in [1.82, 2.24) is 0 Å². The van der Waals surface area contributed by atoms with Crippen LogP contribution in [0.3, 0.4) is 0 Å². The van der Waals surface area contributed by atoms with Gasteiger partial charge in [0.1, 0.15) is 13.2 Å². The molecule has 6 heteroatoms. The Kier molecular flexibility index (Phi) is 42.7. The molecule has 2 atom stereocenters. The highest BCUT2D eigenvalue weighted by Crippen LogP contribution is 2.18. The summed E-state index contributed by atoms with van der Waals surface area (Å²) in [5.74, 6) is 0.775. The van der Waals surface area contributed by atoms with Crippen LogP contribution >= 0.6 is 0 Å². The minimum Gasteiger partial charge on any atom is -0.462 e. The molecule has 0 aliphatic heterocycles. The highest BCUT2D eigenvalue weighted by Gasteiger charge is 2.19. The number of hydrogen-bond donors (Lipinski definition) is 0. The maximum atomic E-state index is 12.8. The molecule has 6 nitrogen and oxygen atoms in total. The first kappa shape index (κ1) is 55.4. The van der Waals surface area contributed by atoms with Gasteiger partial charge in [-0.1, -0.05) is 240 Å². The largest absolute Gasteiger partial charge is 0.462 e. The first-order chi connectivity index (χ1) is 27.8. The van der Waals surface area contributed by atoms with Gasteiger partial charge in [0.2, 0.25) is 0 Å². The van der Waals surface area contributed by atoms with E-state index in [1.54, 1.807) is 0 Å². The van der Waals surface area contributed by atoms with Crippen LogP contribution in [0.4, 0.5) is 0 Å². The first-order valence-electron chi connectivity index (χ1n) is 25.3. The van der Waals surface area contributed by atoms with Crippen molar-refractivity contribution in [3.63, 3.8) is 0 Å². The van der Waals surface area contributed by atoms with Gasteiger partial charge in [-0.15, -0.1) is 0 Å². The lowest BCUT2D eigenvalue weighted by Crippen LogP contribution is -2.30. The third-order valence-electron chi connectivity index (χ3n) is 11.8. The Bertz CT molecular complexity index is 872. The van der Waals surface area contributed by atoms with Crippen LogP contribution in [0.1, 0.15) is 279 Å². The van der Waals surface area contributed by atoms with Crippen LogP contribution in [0.2, 0.25) is 0 Å². The molecule has 0 aliphatic carbocycles. The second-order valence-electron chi connectivity index (χ2n) is 18.2. The van der Waals surface area contributed by atoms with Gasteiger partial charge in [0.15, 0.2) is 6.10 Å². The van der Waals surface area contributed by atoms with E-state index >= 15 is 0 Å². The molecule has 0 heterocycles. The van der Waals surface area contributed by atoms with E-state index in [9.17, 15) is 14.4 Å². The van der Waals surface area contributed by atoms with Crippen molar-refractivity contribution in [2.45, 2.75) is 285 Å². The average molecular weight is 807 g/mol. The van der Waals surface area contributed by atoms with E-state index in [0.717, 1.165) is 69.6 Å². The number of esters is 3. The van der Waals surface area contributed by atoms with Crippen LogP contribution < -0.4 is 0 Å². The molecule has 57 heavy (non-hydrogen) atoms. The molecule has 0 saturated carbocycles. The first-order valence-corrected chi connectivity index (χ1v) is 25.3. The van der Waals surface area contributed by atoms with Crippen LogP contribution in [0.25, 0.3) is 0 Å². The Morgan fingerprint density at radius 1 is 0.368 bits per heavy atom. The smallest absolute Gasteiger partial charge is 0.306 e. The normalized spacial score (nSPS) is 12.5. The fourth-order valence-electron chi connectivity index (χ4n) is 7.60. The molecule has 338 valence electrons. The molecule has 0 aromatic carbocycles. The zero-order valence-corrected chi connectivity index (χ0v) is 39.0. The molecule has 0 bridgehead atoms. The minimum absolute atomic E-state index is 0.0648. The fraction of sp³-hybridized carbons (Fsp3) is 0.941. The molecule has 0 aromatic heterocycles. The predicted octanol–water partition coefficient (Wildman–Crippen LogP) is 16.1. The van der Waals surface area contributed by atoms with Gasteiger partial charge in [-0.3, -0.25) is 14.4 Å². The summed E-state index contributed by atoms with van der Waals surface area (Å²) in [6.45, 7) is 11.3. The van der Waals surface area contributed by atoms with Gasteiger partial charge in [0.05, 0.1) is 0 Å². The van der Waals surface area contributed by atoms with Crippen molar-refractivity contribution in [3.05, 3.63) is 0 Å². The fourth-order valence-corrected chi connectivity index (χ4v) is 7.60. The molecule has 0 spiro atoms. The summed E-state index contributed by atoms with van der Waals surface area (Å²) in [5.41, 5.74) is 0. The number of rotatable bonds is 45. The van der Waals surface area contributed by atoms with E-state index in [1.165, 1.54) is 167 Å². The van der Waals surface area contributed by atoms with Crippen molar-refractivity contribution in [2.24, 2.45) is 11.8 Å². The molecule has 0 amide bonds. The van der Waals surface area contributed by atoms with Crippen LogP contribution in [-0.2, 0) is 28.6 Å². The summed E-state index contributed by atoms with van der Waals surface area (Å²) in [6, 6.07) is 0. The predicted molar refractivity (Wildman–Crippen MR) is 243 cm³/mol. The van der Waals surface area contributed by atoms with Gasteiger partial charge in [-0.2, -0.15) is 0 Å². The molecule has 0 rings (SSSR count).